The predicted octanol–water partition coefficient (Wildman–Crippen LogP) is 4.87. The molecule has 0 aliphatic carbocycles. The van der Waals surface area contributed by atoms with Crippen LogP contribution in [0, 0.1) is 0 Å². The van der Waals surface area contributed by atoms with Crippen LogP contribution in [0.25, 0.3) is 5.57 Å². The molecule has 150 valence electrons. The summed E-state index contributed by atoms with van der Waals surface area (Å²) in [4.78, 5) is 2.51. The third-order valence-electron chi connectivity index (χ3n) is 4.85. The molecule has 1 N–H and O–H groups in total. The van der Waals surface area contributed by atoms with Gasteiger partial charge in [-0.1, -0.05) is 42.3 Å². The van der Waals surface area contributed by atoms with Crippen molar-refractivity contribution in [3.63, 3.8) is 0 Å². The van der Waals surface area contributed by atoms with E-state index in [1.54, 1.807) is 0 Å². The van der Waals surface area contributed by atoms with E-state index < -0.39 is 10.1 Å². The van der Waals surface area contributed by atoms with Gasteiger partial charge in [-0.2, -0.15) is 8.42 Å². The molecule has 5 nitrogen and oxygen atoms in total. The second-order valence-corrected chi connectivity index (χ2v) is 8.79. The summed E-state index contributed by atoms with van der Waals surface area (Å²) >= 11 is 6.27. The van der Waals surface area contributed by atoms with Crippen LogP contribution >= 0.6 is 11.6 Å². The molecule has 0 atom stereocenters. The lowest BCUT2D eigenvalue weighted by Gasteiger charge is -2.31. The number of nitrogens with zero attached hydrogens (tertiary/aromatic N) is 1. The minimum absolute atomic E-state index is 0.715. The Bertz CT molecular complexity index is 983. The summed E-state index contributed by atoms with van der Waals surface area (Å²) in [6.07, 6.45) is 2.94. The molecule has 28 heavy (non-hydrogen) atoms. The van der Waals surface area contributed by atoms with Gasteiger partial charge in [-0.25, -0.2) is 0 Å². The Labute approximate surface area is 171 Å². The van der Waals surface area contributed by atoms with Crippen molar-refractivity contribution < 1.29 is 17.7 Å². The number of para-hydroxylation sites is 1. The van der Waals surface area contributed by atoms with E-state index in [4.69, 9.17) is 20.9 Å². The molecule has 7 heteroatoms. The Morgan fingerprint density at radius 1 is 1.07 bits per heavy atom. The minimum Gasteiger partial charge on any atom is -0.456 e. The first-order chi connectivity index (χ1) is 13.3. The highest BCUT2D eigenvalue weighted by Crippen LogP contribution is 2.47. The van der Waals surface area contributed by atoms with Crippen molar-refractivity contribution in [2.75, 3.05) is 25.9 Å². The molecule has 2 aliphatic rings. The molecule has 0 spiro atoms. The molecule has 1 fully saturated rings. The topological polar surface area (TPSA) is 66.8 Å². The van der Waals surface area contributed by atoms with E-state index in [2.05, 4.69) is 30.0 Å². The van der Waals surface area contributed by atoms with Gasteiger partial charge in [0.05, 0.1) is 6.26 Å². The number of benzene rings is 2. The summed E-state index contributed by atoms with van der Waals surface area (Å²) in [6, 6.07) is 14.2. The van der Waals surface area contributed by atoms with E-state index in [9.17, 15) is 8.42 Å². The molecule has 0 radical (unpaired) electrons. The van der Waals surface area contributed by atoms with Crippen molar-refractivity contribution in [2.24, 2.45) is 0 Å². The standard InChI is InChI=1S/C20H20ClNO.CH4O3S/c1-2-22-11-9-14(10-12-22)20-16-5-3-4-6-18(16)23-19-8-7-15(21)13-17(19)20;1-5(2,3)4/h3-8,13H,2,9-12H2,1H3;1H3,(H,2,3,4). The molecule has 0 unspecified atom stereocenters. The largest absolute Gasteiger partial charge is 0.456 e. The minimum atomic E-state index is -3.67. The Morgan fingerprint density at radius 2 is 1.68 bits per heavy atom. The molecule has 2 heterocycles. The molecular weight excluding hydrogens is 398 g/mol. The van der Waals surface area contributed by atoms with Gasteiger partial charge < -0.3 is 9.64 Å². The zero-order chi connectivity index (χ0) is 20.3. The van der Waals surface area contributed by atoms with Crippen molar-refractivity contribution in [3.05, 3.63) is 64.2 Å². The van der Waals surface area contributed by atoms with E-state index in [0.29, 0.717) is 6.26 Å². The number of rotatable bonds is 1. The highest BCUT2D eigenvalue weighted by Gasteiger charge is 2.26. The maximum absolute atomic E-state index is 9.19. The van der Waals surface area contributed by atoms with E-state index in [-0.39, 0.29) is 0 Å². The van der Waals surface area contributed by atoms with Gasteiger partial charge in [0, 0.05) is 29.2 Å². The van der Waals surface area contributed by atoms with Crippen molar-refractivity contribution in [1.29, 1.82) is 0 Å². The third kappa shape index (κ3) is 5.14. The highest BCUT2D eigenvalue weighted by molar-refractivity contribution is 7.85. The van der Waals surface area contributed by atoms with Gasteiger partial charge in [-0.3, -0.25) is 4.55 Å². The first-order valence-corrected chi connectivity index (χ1v) is 11.4. The lowest BCUT2D eigenvalue weighted by atomic mass is 9.86. The van der Waals surface area contributed by atoms with E-state index in [0.717, 1.165) is 54.6 Å². The van der Waals surface area contributed by atoms with Crippen LogP contribution < -0.4 is 4.74 Å². The summed E-state index contributed by atoms with van der Waals surface area (Å²) < 4.78 is 32.0. The summed E-state index contributed by atoms with van der Waals surface area (Å²) in [7, 11) is -3.67. The first kappa shape index (κ1) is 20.9. The van der Waals surface area contributed by atoms with E-state index in [1.165, 1.54) is 16.7 Å². The van der Waals surface area contributed by atoms with Crippen LogP contribution in [0.4, 0.5) is 0 Å². The lowest BCUT2D eigenvalue weighted by Crippen LogP contribution is -2.30. The summed E-state index contributed by atoms with van der Waals surface area (Å²) in [5, 5.41) is 0.760. The van der Waals surface area contributed by atoms with E-state index >= 15 is 0 Å². The maximum Gasteiger partial charge on any atom is 0.261 e. The van der Waals surface area contributed by atoms with Gasteiger partial charge in [0.2, 0.25) is 0 Å². The van der Waals surface area contributed by atoms with E-state index in [1.807, 2.05) is 24.3 Å². The van der Waals surface area contributed by atoms with Crippen LogP contribution in [0.5, 0.6) is 11.5 Å². The van der Waals surface area contributed by atoms with Crippen LogP contribution in [0.2, 0.25) is 5.02 Å². The molecule has 0 bridgehead atoms. The number of ether oxygens (including phenoxy) is 1. The number of likely N-dealkylation sites (tertiary alicyclic amines) is 1. The summed E-state index contributed by atoms with van der Waals surface area (Å²) in [6.45, 7) is 5.63. The van der Waals surface area contributed by atoms with Crippen LogP contribution in [0.15, 0.2) is 48.0 Å². The smallest absolute Gasteiger partial charge is 0.261 e. The van der Waals surface area contributed by atoms with Crippen LogP contribution in [0.3, 0.4) is 0 Å². The van der Waals surface area contributed by atoms with Crippen molar-refractivity contribution in [3.8, 4) is 11.5 Å². The highest BCUT2D eigenvalue weighted by atomic mass is 35.5. The fourth-order valence-corrected chi connectivity index (χ4v) is 3.75. The SMILES string of the molecule is CCN1CCC(=C2c3ccccc3Oc3ccc(Cl)cc32)CC1.CS(=O)(=O)O. The van der Waals surface area contributed by atoms with Gasteiger partial charge in [0.1, 0.15) is 11.5 Å². The van der Waals surface area contributed by atoms with Crippen molar-refractivity contribution in [2.45, 2.75) is 19.8 Å². The normalized spacial score (nSPS) is 16.4. The quantitative estimate of drug-likeness (QED) is 0.568. The fraction of sp³-hybridized carbons (Fsp3) is 0.333. The summed E-state index contributed by atoms with van der Waals surface area (Å²) in [5.74, 6) is 1.86. The second kappa shape index (κ2) is 8.66. The molecular formula is C21H24ClNO4S. The number of hydrogen-bond acceptors (Lipinski definition) is 4. The van der Waals surface area contributed by atoms with Crippen LogP contribution in [0.1, 0.15) is 30.9 Å². The molecule has 0 amide bonds. The second-order valence-electron chi connectivity index (χ2n) is 6.88. The van der Waals surface area contributed by atoms with Gasteiger partial charge in [-0.05, 0) is 49.2 Å². The zero-order valence-corrected chi connectivity index (χ0v) is 17.6. The molecule has 4 rings (SSSR count). The molecule has 0 saturated carbocycles. The zero-order valence-electron chi connectivity index (χ0n) is 16.0. The van der Waals surface area contributed by atoms with Gasteiger partial charge in [-0.15, -0.1) is 0 Å². The third-order valence-corrected chi connectivity index (χ3v) is 5.08. The Kier molecular flexibility index (Phi) is 6.45. The van der Waals surface area contributed by atoms with Crippen LogP contribution in [-0.2, 0) is 10.1 Å². The number of piperidine rings is 1. The first-order valence-electron chi connectivity index (χ1n) is 9.20. The molecule has 2 aliphatic heterocycles. The number of hydrogen-bond donors (Lipinski definition) is 1. The summed E-state index contributed by atoms with van der Waals surface area (Å²) in [5.41, 5.74) is 5.19. The van der Waals surface area contributed by atoms with Gasteiger partial charge >= 0.3 is 0 Å². The average Bonchev–Trinajstić information content (AvgIpc) is 2.65. The average molecular weight is 422 g/mol. The van der Waals surface area contributed by atoms with Crippen molar-refractivity contribution in [1.82, 2.24) is 4.90 Å². The Balaban J connectivity index is 0.000000403. The molecule has 1 saturated heterocycles. The fourth-order valence-electron chi connectivity index (χ4n) is 3.58. The Hall–Kier alpha value is -1.86. The van der Waals surface area contributed by atoms with Crippen molar-refractivity contribution >= 4 is 27.3 Å². The maximum atomic E-state index is 9.19. The monoisotopic (exact) mass is 421 g/mol. The predicted molar refractivity (Wildman–Crippen MR) is 113 cm³/mol. The van der Waals surface area contributed by atoms with Gasteiger partial charge in [0.25, 0.3) is 10.1 Å². The Morgan fingerprint density at radius 3 is 2.32 bits per heavy atom. The number of halogens is 1. The molecule has 2 aromatic carbocycles. The molecule has 0 aromatic heterocycles. The molecule has 2 aromatic rings. The lowest BCUT2D eigenvalue weighted by molar-refractivity contribution is 0.270. The van der Waals surface area contributed by atoms with Crippen LogP contribution in [-0.4, -0.2) is 43.8 Å². The number of fused-ring (bicyclic) bond motifs is 2. The van der Waals surface area contributed by atoms with Gasteiger partial charge in [0.15, 0.2) is 0 Å².